The number of para-hydroxylation sites is 1. The van der Waals surface area contributed by atoms with E-state index in [4.69, 9.17) is 4.74 Å². The number of amides is 1. The Labute approximate surface area is 161 Å². The number of carbonyl (C=O) groups excluding carboxylic acids is 1. The fourth-order valence-electron chi connectivity index (χ4n) is 3.20. The van der Waals surface area contributed by atoms with E-state index in [1.165, 1.54) is 18.2 Å². The molecule has 0 aromatic heterocycles. The average Bonchev–Trinajstić information content (AvgIpc) is 2.68. The molecule has 150 valence electrons. The Balaban J connectivity index is 1.54. The van der Waals surface area contributed by atoms with E-state index in [1.54, 1.807) is 7.11 Å². The predicted octanol–water partition coefficient (Wildman–Crippen LogP) is 3.47. The van der Waals surface area contributed by atoms with Crippen LogP contribution in [0.1, 0.15) is 5.56 Å². The van der Waals surface area contributed by atoms with Crippen molar-refractivity contribution in [2.45, 2.75) is 6.18 Å². The first-order chi connectivity index (χ1) is 13.4. The van der Waals surface area contributed by atoms with E-state index in [1.807, 2.05) is 29.2 Å². The number of carbonyl (C=O) groups is 1. The summed E-state index contributed by atoms with van der Waals surface area (Å²) in [5.74, 6) is 0.328. The van der Waals surface area contributed by atoms with Crippen LogP contribution in [0.25, 0.3) is 0 Å². The smallest absolute Gasteiger partial charge is 0.418 e. The molecule has 0 radical (unpaired) electrons. The van der Waals surface area contributed by atoms with Crippen molar-refractivity contribution in [3.8, 4) is 5.75 Å². The molecule has 0 saturated carbocycles. The van der Waals surface area contributed by atoms with Gasteiger partial charge in [0.15, 0.2) is 0 Å². The van der Waals surface area contributed by atoms with Gasteiger partial charge in [0.25, 0.3) is 0 Å². The molecular weight excluding hydrogens is 371 g/mol. The van der Waals surface area contributed by atoms with Crippen molar-refractivity contribution in [3.63, 3.8) is 0 Å². The van der Waals surface area contributed by atoms with Crippen LogP contribution in [-0.2, 0) is 11.0 Å². The standard InChI is InChI=1S/C20H22F3N3O2/c1-28-16-6-4-5-15(13-16)26-11-9-25(10-12-26)14-19(27)24-18-8-3-2-7-17(18)20(21,22)23/h2-8,13H,9-12,14H2,1H3,(H,24,27). The third-order valence-electron chi connectivity index (χ3n) is 4.66. The second-order valence-corrected chi connectivity index (χ2v) is 6.56. The van der Waals surface area contributed by atoms with Crippen LogP contribution < -0.4 is 15.0 Å². The van der Waals surface area contributed by atoms with E-state index >= 15 is 0 Å². The van der Waals surface area contributed by atoms with Gasteiger partial charge in [0, 0.05) is 37.9 Å². The quantitative estimate of drug-likeness (QED) is 0.845. The Bertz CT molecular complexity index is 818. The molecule has 8 heteroatoms. The molecule has 0 bridgehead atoms. The Morgan fingerprint density at radius 2 is 1.79 bits per heavy atom. The Hall–Kier alpha value is -2.74. The SMILES string of the molecule is COc1cccc(N2CCN(CC(=O)Nc3ccccc3C(F)(F)F)CC2)c1. The van der Waals surface area contributed by atoms with Crippen molar-refractivity contribution in [2.24, 2.45) is 0 Å². The highest BCUT2D eigenvalue weighted by atomic mass is 19.4. The second-order valence-electron chi connectivity index (χ2n) is 6.56. The molecule has 1 aliphatic rings. The number of methoxy groups -OCH3 is 1. The minimum Gasteiger partial charge on any atom is -0.497 e. The molecule has 2 aromatic rings. The van der Waals surface area contributed by atoms with Gasteiger partial charge in [-0.1, -0.05) is 18.2 Å². The van der Waals surface area contributed by atoms with E-state index in [2.05, 4.69) is 10.2 Å². The third-order valence-corrected chi connectivity index (χ3v) is 4.66. The first-order valence-electron chi connectivity index (χ1n) is 8.94. The van der Waals surface area contributed by atoms with Gasteiger partial charge in [-0.05, 0) is 24.3 Å². The minimum atomic E-state index is -4.51. The molecule has 1 saturated heterocycles. The van der Waals surface area contributed by atoms with Gasteiger partial charge >= 0.3 is 6.18 Å². The lowest BCUT2D eigenvalue weighted by Gasteiger charge is -2.35. The fourth-order valence-corrected chi connectivity index (χ4v) is 3.20. The number of alkyl halides is 3. The van der Waals surface area contributed by atoms with Crippen molar-refractivity contribution in [3.05, 3.63) is 54.1 Å². The summed E-state index contributed by atoms with van der Waals surface area (Å²) in [4.78, 5) is 16.4. The van der Waals surface area contributed by atoms with Crippen LogP contribution in [0.4, 0.5) is 24.5 Å². The zero-order valence-electron chi connectivity index (χ0n) is 15.5. The zero-order chi connectivity index (χ0) is 20.1. The van der Waals surface area contributed by atoms with Crippen molar-refractivity contribution < 1.29 is 22.7 Å². The van der Waals surface area contributed by atoms with Gasteiger partial charge in [-0.15, -0.1) is 0 Å². The lowest BCUT2D eigenvalue weighted by molar-refractivity contribution is -0.137. The lowest BCUT2D eigenvalue weighted by atomic mass is 10.1. The molecule has 0 unspecified atom stereocenters. The Morgan fingerprint density at radius 3 is 2.46 bits per heavy atom. The van der Waals surface area contributed by atoms with Gasteiger partial charge in [-0.2, -0.15) is 13.2 Å². The maximum absolute atomic E-state index is 13.0. The van der Waals surface area contributed by atoms with Crippen molar-refractivity contribution in [1.82, 2.24) is 4.90 Å². The van der Waals surface area contributed by atoms with E-state index in [9.17, 15) is 18.0 Å². The predicted molar refractivity (Wildman–Crippen MR) is 102 cm³/mol. The number of halogens is 3. The highest BCUT2D eigenvalue weighted by Gasteiger charge is 2.33. The second kappa shape index (κ2) is 8.52. The summed E-state index contributed by atoms with van der Waals surface area (Å²) in [6.45, 7) is 2.79. The molecular formula is C20H22F3N3O2. The van der Waals surface area contributed by atoms with Crippen molar-refractivity contribution >= 4 is 17.3 Å². The number of nitrogens with one attached hydrogen (secondary N) is 1. The molecule has 0 spiro atoms. The molecule has 1 heterocycles. The van der Waals surface area contributed by atoms with Crippen LogP contribution in [0.15, 0.2) is 48.5 Å². The summed E-state index contributed by atoms with van der Waals surface area (Å²) < 4.78 is 44.4. The molecule has 2 aromatic carbocycles. The number of piperazine rings is 1. The normalized spacial score (nSPS) is 15.4. The summed E-state index contributed by atoms with van der Waals surface area (Å²) >= 11 is 0. The number of nitrogens with zero attached hydrogens (tertiary/aromatic N) is 2. The van der Waals surface area contributed by atoms with E-state index in [-0.39, 0.29) is 12.2 Å². The molecule has 0 atom stereocenters. The topological polar surface area (TPSA) is 44.8 Å². The summed E-state index contributed by atoms with van der Waals surface area (Å²) in [6.07, 6.45) is -4.51. The van der Waals surface area contributed by atoms with Crippen LogP contribution in [0.2, 0.25) is 0 Å². The first kappa shape index (κ1) is 20.0. The van der Waals surface area contributed by atoms with Gasteiger partial charge in [0.05, 0.1) is 24.9 Å². The molecule has 1 amide bonds. The van der Waals surface area contributed by atoms with Gasteiger partial charge in [0.2, 0.25) is 5.91 Å². The first-order valence-corrected chi connectivity index (χ1v) is 8.94. The van der Waals surface area contributed by atoms with Crippen molar-refractivity contribution in [2.75, 3.05) is 50.1 Å². The number of rotatable bonds is 5. The zero-order valence-corrected chi connectivity index (χ0v) is 15.5. The number of anilines is 2. The summed E-state index contributed by atoms with van der Waals surface area (Å²) in [6, 6.07) is 12.8. The van der Waals surface area contributed by atoms with E-state index < -0.39 is 17.6 Å². The molecule has 0 aliphatic carbocycles. The van der Waals surface area contributed by atoms with E-state index in [0.29, 0.717) is 13.1 Å². The van der Waals surface area contributed by atoms with Gasteiger partial charge in [-0.3, -0.25) is 9.69 Å². The number of hydrogen-bond donors (Lipinski definition) is 1. The molecule has 3 rings (SSSR count). The van der Waals surface area contributed by atoms with Crippen LogP contribution in [0, 0.1) is 0 Å². The molecule has 1 N–H and O–H groups in total. The maximum Gasteiger partial charge on any atom is 0.418 e. The number of hydrogen-bond acceptors (Lipinski definition) is 4. The molecule has 5 nitrogen and oxygen atoms in total. The summed E-state index contributed by atoms with van der Waals surface area (Å²) in [7, 11) is 1.62. The molecule has 1 fully saturated rings. The summed E-state index contributed by atoms with van der Waals surface area (Å²) in [5, 5.41) is 2.39. The minimum absolute atomic E-state index is 0.0537. The molecule has 1 aliphatic heterocycles. The maximum atomic E-state index is 13.0. The van der Waals surface area contributed by atoms with Crippen molar-refractivity contribution in [1.29, 1.82) is 0 Å². The Kier molecular flexibility index (Phi) is 6.08. The highest BCUT2D eigenvalue weighted by molar-refractivity contribution is 5.93. The Morgan fingerprint density at radius 1 is 1.07 bits per heavy atom. The van der Waals surface area contributed by atoms with Crippen LogP contribution >= 0.6 is 0 Å². The van der Waals surface area contributed by atoms with Crippen LogP contribution in [0.3, 0.4) is 0 Å². The third kappa shape index (κ3) is 4.95. The lowest BCUT2D eigenvalue weighted by Crippen LogP contribution is -2.48. The van der Waals surface area contributed by atoms with E-state index in [0.717, 1.165) is 30.6 Å². The number of benzene rings is 2. The molecule has 28 heavy (non-hydrogen) atoms. The van der Waals surface area contributed by atoms with Gasteiger partial charge < -0.3 is 15.0 Å². The van der Waals surface area contributed by atoms with Crippen LogP contribution in [-0.4, -0.2) is 50.6 Å². The summed E-state index contributed by atoms with van der Waals surface area (Å²) in [5.41, 5.74) is -0.0104. The average molecular weight is 393 g/mol. The van der Waals surface area contributed by atoms with Gasteiger partial charge in [-0.25, -0.2) is 0 Å². The fraction of sp³-hybridized carbons (Fsp3) is 0.350. The van der Waals surface area contributed by atoms with Gasteiger partial charge in [0.1, 0.15) is 5.75 Å². The highest BCUT2D eigenvalue weighted by Crippen LogP contribution is 2.34. The monoisotopic (exact) mass is 393 g/mol. The van der Waals surface area contributed by atoms with Crippen LogP contribution in [0.5, 0.6) is 5.75 Å². The number of ether oxygens (including phenoxy) is 1. The largest absolute Gasteiger partial charge is 0.497 e.